The molecule has 0 amide bonds. The lowest BCUT2D eigenvalue weighted by Crippen LogP contribution is -2.04. The fraction of sp³-hybridized carbons (Fsp3) is 0.143. The molecule has 0 aromatic heterocycles. The van der Waals surface area contributed by atoms with Crippen molar-refractivity contribution in [3.05, 3.63) is 28.8 Å². The Morgan fingerprint density at radius 2 is 1.85 bits per heavy atom. The smallest absolute Gasteiger partial charge is 0.166 e. The fourth-order valence-corrected chi connectivity index (χ4v) is 1.79. The molecule has 0 bridgehead atoms. The summed E-state index contributed by atoms with van der Waals surface area (Å²) in [6.07, 6.45) is -4.36. The highest BCUT2D eigenvalue weighted by molar-refractivity contribution is 8.21. The van der Waals surface area contributed by atoms with Gasteiger partial charge < -0.3 is 0 Å². The lowest BCUT2D eigenvalue weighted by Gasteiger charge is -2.07. The van der Waals surface area contributed by atoms with Crippen LogP contribution in [-0.4, -0.2) is 0 Å². The number of hydrogen-bond acceptors (Lipinski definition) is 1. The van der Waals surface area contributed by atoms with E-state index in [2.05, 4.69) is 0 Å². The molecule has 0 heterocycles. The Morgan fingerprint density at radius 1 is 1.23 bits per heavy atom. The second-order valence-corrected chi connectivity index (χ2v) is 3.68. The monoisotopic (exact) mass is 246 g/mol. The Bertz CT molecular complexity index is 311. The summed E-state index contributed by atoms with van der Waals surface area (Å²) in [5, 5.41) is 0.216. The van der Waals surface area contributed by atoms with Crippen LogP contribution in [0, 0.1) is 0 Å². The first-order valence-corrected chi connectivity index (χ1v) is 5.12. The van der Waals surface area contributed by atoms with Crippen LogP contribution < -0.4 is 0 Å². The van der Waals surface area contributed by atoms with Crippen LogP contribution in [0.4, 0.5) is 13.2 Å². The summed E-state index contributed by atoms with van der Waals surface area (Å²) < 4.78 is 36.4. The van der Waals surface area contributed by atoms with Crippen LogP contribution in [0.25, 0.3) is 0 Å². The first kappa shape index (κ1) is 11.0. The van der Waals surface area contributed by atoms with Crippen molar-refractivity contribution in [3.63, 3.8) is 0 Å². The van der Waals surface area contributed by atoms with Crippen LogP contribution >= 0.6 is 33.3 Å². The Labute approximate surface area is 86.5 Å². The Hall–Kier alpha value is -0.0600. The van der Waals surface area contributed by atoms with Crippen molar-refractivity contribution in [2.24, 2.45) is 0 Å². The number of alkyl halides is 3. The molecule has 1 aromatic carbocycles. The van der Waals surface area contributed by atoms with Crippen LogP contribution in [0.5, 0.6) is 0 Å². The van der Waals surface area contributed by atoms with Crippen molar-refractivity contribution in [3.8, 4) is 0 Å². The summed E-state index contributed by atoms with van der Waals surface area (Å²) in [4.78, 5) is 0.207. The molecule has 0 fully saturated rings. The molecule has 0 saturated carbocycles. The third-order valence-corrected chi connectivity index (χ3v) is 2.79. The van der Waals surface area contributed by atoms with Gasteiger partial charge in [-0.1, -0.05) is 11.6 Å². The zero-order chi connectivity index (χ0) is 10.1. The molecule has 0 N–H and O–H groups in total. The molecule has 1 aromatic rings. The van der Waals surface area contributed by atoms with E-state index < -0.39 is 11.7 Å². The van der Waals surface area contributed by atoms with Gasteiger partial charge in [0, 0.05) is 4.90 Å². The van der Waals surface area contributed by atoms with Gasteiger partial charge in [-0.15, -0.1) is 0 Å². The molecule has 72 valence electrons. The van der Waals surface area contributed by atoms with E-state index in [1.165, 1.54) is 6.07 Å². The van der Waals surface area contributed by atoms with E-state index in [1.807, 2.05) is 0 Å². The van der Waals surface area contributed by atoms with Crippen molar-refractivity contribution in [2.45, 2.75) is 11.1 Å². The van der Waals surface area contributed by atoms with Gasteiger partial charge in [0.15, 0.2) is 0 Å². The molecule has 6 heteroatoms. The van der Waals surface area contributed by atoms with Gasteiger partial charge >= 0.3 is 6.18 Å². The second kappa shape index (κ2) is 3.98. The van der Waals surface area contributed by atoms with Gasteiger partial charge in [-0.2, -0.15) is 13.2 Å². The maximum atomic E-state index is 12.1. The van der Waals surface area contributed by atoms with Gasteiger partial charge in [-0.3, -0.25) is 0 Å². The lowest BCUT2D eigenvalue weighted by molar-refractivity contribution is -0.137. The van der Waals surface area contributed by atoms with Gasteiger partial charge in [0.25, 0.3) is 0 Å². The Balaban J connectivity index is 3.14. The third kappa shape index (κ3) is 2.69. The van der Waals surface area contributed by atoms with Gasteiger partial charge in [-0.05, 0) is 39.9 Å². The molecular formula is C7H3Cl2F3S. The van der Waals surface area contributed by atoms with Crippen LogP contribution in [0.2, 0.25) is 5.02 Å². The minimum Gasteiger partial charge on any atom is -0.166 e. The van der Waals surface area contributed by atoms with Crippen LogP contribution in [0.1, 0.15) is 5.56 Å². The first-order chi connectivity index (χ1) is 5.95. The van der Waals surface area contributed by atoms with E-state index >= 15 is 0 Å². The molecule has 1 rings (SSSR count). The molecule has 0 radical (unpaired) electrons. The average molecular weight is 247 g/mol. The van der Waals surface area contributed by atoms with Gasteiger partial charge in [-0.25, -0.2) is 0 Å². The highest BCUT2D eigenvalue weighted by Gasteiger charge is 2.30. The topological polar surface area (TPSA) is 0 Å². The summed E-state index contributed by atoms with van der Waals surface area (Å²) in [6, 6.07) is 3.01. The van der Waals surface area contributed by atoms with Crippen LogP contribution in [-0.2, 0) is 6.18 Å². The zero-order valence-corrected chi connectivity index (χ0v) is 8.36. The quantitative estimate of drug-likeness (QED) is 0.698. The minimum atomic E-state index is -4.36. The van der Waals surface area contributed by atoms with Crippen molar-refractivity contribution < 1.29 is 13.2 Å². The highest BCUT2D eigenvalue weighted by atomic mass is 35.7. The van der Waals surface area contributed by atoms with Gasteiger partial charge in [0.05, 0.1) is 10.6 Å². The number of halogens is 5. The molecule has 0 spiro atoms. The SMILES string of the molecule is FC(F)(F)c1ccc(Cl)c(SCl)c1. The molecular weight excluding hydrogens is 244 g/mol. The Kier molecular flexibility index (Phi) is 3.38. The largest absolute Gasteiger partial charge is 0.416 e. The predicted molar refractivity (Wildman–Crippen MR) is 48.2 cm³/mol. The molecule has 0 aliphatic carbocycles. The van der Waals surface area contributed by atoms with Crippen molar-refractivity contribution >= 4 is 33.3 Å². The van der Waals surface area contributed by atoms with Crippen molar-refractivity contribution in [1.29, 1.82) is 0 Å². The van der Waals surface area contributed by atoms with E-state index in [9.17, 15) is 13.2 Å². The van der Waals surface area contributed by atoms with Crippen molar-refractivity contribution in [1.82, 2.24) is 0 Å². The number of rotatable bonds is 1. The summed E-state index contributed by atoms with van der Waals surface area (Å²) in [5.74, 6) is 0. The van der Waals surface area contributed by atoms with Crippen LogP contribution in [0.3, 0.4) is 0 Å². The molecule has 0 nitrogen and oxygen atoms in total. The summed E-state index contributed by atoms with van der Waals surface area (Å²) in [7, 11) is 5.99. The van der Waals surface area contributed by atoms with Gasteiger partial charge in [0.1, 0.15) is 0 Å². The maximum Gasteiger partial charge on any atom is 0.416 e. The fourth-order valence-electron chi connectivity index (χ4n) is 0.739. The standard InChI is InChI=1S/C7H3Cl2F3S/c8-5-2-1-4(7(10,11)12)3-6(5)13-9/h1-3H. The summed E-state index contributed by atoms with van der Waals surface area (Å²) >= 11 is 5.57. The number of benzene rings is 1. The molecule has 0 unspecified atom stereocenters. The average Bonchev–Trinajstić information content (AvgIpc) is 2.03. The second-order valence-electron chi connectivity index (χ2n) is 2.22. The predicted octanol–water partition coefficient (Wildman–Crippen LogP) is 4.60. The molecule has 13 heavy (non-hydrogen) atoms. The lowest BCUT2D eigenvalue weighted by atomic mass is 10.2. The summed E-state index contributed by atoms with van der Waals surface area (Å²) in [6.45, 7) is 0. The molecule has 0 aliphatic rings. The van der Waals surface area contributed by atoms with E-state index in [0.717, 1.165) is 12.1 Å². The Morgan fingerprint density at radius 3 is 2.31 bits per heavy atom. The van der Waals surface area contributed by atoms with Gasteiger partial charge in [0.2, 0.25) is 0 Å². The third-order valence-electron chi connectivity index (χ3n) is 1.34. The molecule has 0 aliphatic heterocycles. The normalized spacial score (nSPS) is 11.8. The summed E-state index contributed by atoms with van der Waals surface area (Å²) in [5.41, 5.74) is -0.750. The maximum absolute atomic E-state index is 12.1. The first-order valence-electron chi connectivity index (χ1n) is 3.10. The van der Waals surface area contributed by atoms with Crippen molar-refractivity contribution in [2.75, 3.05) is 0 Å². The van der Waals surface area contributed by atoms with Crippen LogP contribution in [0.15, 0.2) is 23.1 Å². The minimum absolute atomic E-state index is 0.207. The van der Waals surface area contributed by atoms with E-state index in [-0.39, 0.29) is 9.92 Å². The van der Waals surface area contributed by atoms with E-state index in [0.29, 0.717) is 11.0 Å². The highest BCUT2D eigenvalue weighted by Crippen LogP contribution is 2.36. The zero-order valence-electron chi connectivity index (χ0n) is 6.03. The number of hydrogen-bond donors (Lipinski definition) is 0. The van der Waals surface area contributed by atoms with E-state index in [1.54, 1.807) is 0 Å². The molecule has 0 atom stereocenters. The molecule has 0 saturated heterocycles. The van der Waals surface area contributed by atoms with E-state index in [4.69, 9.17) is 22.3 Å².